The van der Waals surface area contributed by atoms with Gasteiger partial charge >= 0.3 is 0 Å². The van der Waals surface area contributed by atoms with Gasteiger partial charge in [0.25, 0.3) is 0 Å². The zero-order valence-corrected chi connectivity index (χ0v) is 9.26. The third kappa shape index (κ3) is 3.41. The molecular weight excluding hydrogens is 158 g/mol. The van der Waals surface area contributed by atoms with E-state index in [9.17, 15) is 0 Å². The summed E-state index contributed by atoms with van der Waals surface area (Å²) in [7, 11) is 0. The number of pyridine rings is 1. The van der Waals surface area contributed by atoms with E-state index < -0.39 is 0 Å². The van der Waals surface area contributed by atoms with Gasteiger partial charge in [0.15, 0.2) is 0 Å². The number of hydrogen-bond acceptors (Lipinski definition) is 1. The minimum atomic E-state index is 1.25. The second-order valence-corrected chi connectivity index (χ2v) is 2.66. The van der Waals surface area contributed by atoms with Crippen LogP contribution in [0, 0.1) is 6.92 Å². The summed E-state index contributed by atoms with van der Waals surface area (Å²) < 4.78 is 0. The molecule has 13 heavy (non-hydrogen) atoms. The molecule has 0 unspecified atom stereocenters. The Kier molecular flexibility index (Phi) is 5.86. The lowest BCUT2D eigenvalue weighted by Gasteiger charge is -2.02. The predicted molar refractivity (Wildman–Crippen MR) is 59.6 cm³/mol. The molecule has 0 aliphatic rings. The van der Waals surface area contributed by atoms with Crippen LogP contribution in [0.4, 0.5) is 0 Å². The summed E-state index contributed by atoms with van der Waals surface area (Å²) in [6, 6.07) is 2.03. The van der Waals surface area contributed by atoms with Gasteiger partial charge in [0.2, 0.25) is 0 Å². The normalized spacial score (nSPS) is 10.4. The predicted octanol–water partition coefficient (Wildman–Crippen LogP) is 3.84. The lowest BCUT2D eigenvalue weighted by Crippen LogP contribution is -1.85. The fourth-order valence-electron chi connectivity index (χ4n) is 1.03. The molecule has 1 aromatic heterocycles. The summed E-state index contributed by atoms with van der Waals surface area (Å²) >= 11 is 0. The number of hydrogen-bond donors (Lipinski definition) is 0. The van der Waals surface area contributed by atoms with Gasteiger partial charge in [-0.1, -0.05) is 19.9 Å². The summed E-state index contributed by atoms with van der Waals surface area (Å²) in [5, 5.41) is 0. The molecular formula is C12H19N. The van der Waals surface area contributed by atoms with Crippen molar-refractivity contribution in [2.45, 2.75) is 34.6 Å². The quantitative estimate of drug-likeness (QED) is 0.635. The first-order valence-corrected chi connectivity index (χ1v) is 4.79. The fourth-order valence-corrected chi connectivity index (χ4v) is 1.03. The van der Waals surface area contributed by atoms with E-state index in [4.69, 9.17) is 0 Å². The van der Waals surface area contributed by atoms with Crippen LogP contribution in [0.2, 0.25) is 0 Å². The van der Waals surface area contributed by atoms with E-state index in [-0.39, 0.29) is 0 Å². The molecule has 0 saturated carbocycles. The SMILES string of the molecule is C/C=C(/C)c1cnccc1C.CC. The minimum Gasteiger partial charge on any atom is -0.264 e. The molecule has 0 aliphatic heterocycles. The number of rotatable bonds is 1. The van der Waals surface area contributed by atoms with Gasteiger partial charge in [-0.2, -0.15) is 0 Å². The van der Waals surface area contributed by atoms with Crippen LogP contribution >= 0.6 is 0 Å². The Morgan fingerprint density at radius 3 is 2.46 bits per heavy atom. The summed E-state index contributed by atoms with van der Waals surface area (Å²) in [6.45, 7) is 10.2. The van der Waals surface area contributed by atoms with Crippen molar-refractivity contribution in [3.8, 4) is 0 Å². The average Bonchev–Trinajstić information content (AvgIpc) is 2.20. The monoisotopic (exact) mass is 177 g/mol. The molecule has 0 amide bonds. The standard InChI is InChI=1S/C10H13N.C2H6/c1-4-8(2)10-7-11-6-5-9(10)3;1-2/h4-7H,1-3H3;1-2H3/b8-4-;. The third-order valence-corrected chi connectivity index (χ3v) is 1.90. The van der Waals surface area contributed by atoms with Gasteiger partial charge in [-0.05, 0) is 43.5 Å². The molecule has 0 bridgehead atoms. The zero-order chi connectivity index (χ0) is 10.3. The molecule has 1 aromatic rings. The first-order chi connectivity index (χ1) is 6.25. The van der Waals surface area contributed by atoms with Gasteiger partial charge in [-0.25, -0.2) is 0 Å². The van der Waals surface area contributed by atoms with Gasteiger partial charge in [0.05, 0.1) is 0 Å². The van der Waals surface area contributed by atoms with Crippen LogP contribution < -0.4 is 0 Å². The summed E-state index contributed by atoms with van der Waals surface area (Å²) in [5.74, 6) is 0. The first-order valence-electron chi connectivity index (χ1n) is 4.79. The molecule has 0 atom stereocenters. The van der Waals surface area contributed by atoms with E-state index in [2.05, 4.69) is 24.9 Å². The molecule has 0 radical (unpaired) electrons. The second kappa shape index (κ2) is 6.41. The second-order valence-electron chi connectivity index (χ2n) is 2.66. The van der Waals surface area contributed by atoms with Crippen molar-refractivity contribution < 1.29 is 0 Å². The highest BCUT2D eigenvalue weighted by atomic mass is 14.6. The number of nitrogens with zero attached hydrogens (tertiary/aromatic N) is 1. The van der Waals surface area contributed by atoms with Crippen molar-refractivity contribution in [1.29, 1.82) is 0 Å². The molecule has 0 spiro atoms. The molecule has 1 heterocycles. The maximum absolute atomic E-state index is 4.07. The van der Waals surface area contributed by atoms with Crippen molar-refractivity contribution in [1.82, 2.24) is 4.98 Å². The zero-order valence-electron chi connectivity index (χ0n) is 9.26. The smallest absolute Gasteiger partial charge is 0.0345 e. The highest BCUT2D eigenvalue weighted by molar-refractivity contribution is 5.65. The lowest BCUT2D eigenvalue weighted by molar-refractivity contribution is 1.25. The van der Waals surface area contributed by atoms with Crippen LogP contribution in [-0.4, -0.2) is 4.98 Å². The first kappa shape index (κ1) is 11.9. The Morgan fingerprint density at radius 2 is 2.00 bits per heavy atom. The van der Waals surface area contributed by atoms with E-state index >= 15 is 0 Å². The highest BCUT2D eigenvalue weighted by Gasteiger charge is 1.96. The van der Waals surface area contributed by atoms with Crippen molar-refractivity contribution in [2.24, 2.45) is 0 Å². The summed E-state index contributed by atoms with van der Waals surface area (Å²) in [5.41, 5.74) is 3.82. The van der Waals surface area contributed by atoms with E-state index in [0.29, 0.717) is 0 Å². The number of allylic oxidation sites excluding steroid dienone is 2. The Bertz CT molecular complexity index is 274. The fraction of sp³-hybridized carbons (Fsp3) is 0.417. The van der Waals surface area contributed by atoms with Crippen LogP contribution in [0.25, 0.3) is 5.57 Å². The van der Waals surface area contributed by atoms with E-state index in [1.54, 1.807) is 0 Å². The van der Waals surface area contributed by atoms with Gasteiger partial charge in [0.1, 0.15) is 0 Å². The summed E-state index contributed by atoms with van der Waals surface area (Å²) in [4.78, 5) is 4.07. The Hall–Kier alpha value is -1.11. The molecule has 1 rings (SSSR count). The van der Waals surface area contributed by atoms with Gasteiger partial charge < -0.3 is 0 Å². The topological polar surface area (TPSA) is 12.9 Å². The largest absolute Gasteiger partial charge is 0.264 e. The van der Waals surface area contributed by atoms with Crippen LogP contribution in [-0.2, 0) is 0 Å². The molecule has 72 valence electrons. The van der Waals surface area contributed by atoms with Crippen LogP contribution in [0.1, 0.15) is 38.8 Å². The van der Waals surface area contributed by atoms with Crippen molar-refractivity contribution in [2.75, 3.05) is 0 Å². The molecule has 0 saturated heterocycles. The summed E-state index contributed by atoms with van der Waals surface area (Å²) in [6.07, 6.45) is 5.83. The van der Waals surface area contributed by atoms with Gasteiger partial charge in [-0.3, -0.25) is 4.98 Å². The van der Waals surface area contributed by atoms with Crippen LogP contribution in [0.15, 0.2) is 24.5 Å². The van der Waals surface area contributed by atoms with Crippen molar-refractivity contribution >= 4 is 5.57 Å². The third-order valence-electron chi connectivity index (χ3n) is 1.90. The molecule has 0 N–H and O–H groups in total. The number of aryl methyl sites for hydroxylation is 1. The Balaban J connectivity index is 0.000000671. The van der Waals surface area contributed by atoms with Crippen molar-refractivity contribution in [3.63, 3.8) is 0 Å². The molecule has 1 nitrogen and oxygen atoms in total. The van der Waals surface area contributed by atoms with Crippen LogP contribution in [0.3, 0.4) is 0 Å². The van der Waals surface area contributed by atoms with Crippen LogP contribution in [0.5, 0.6) is 0 Å². The lowest BCUT2D eigenvalue weighted by atomic mass is 10.1. The minimum absolute atomic E-state index is 1.25. The molecule has 0 aliphatic carbocycles. The Labute approximate surface area is 81.5 Å². The number of aromatic nitrogens is 1. The Morgan fingerprint density at radius 1 is 1.38 bits per heavy atom. The van der Waals surface area contributed by atoms with E-state index in [0.717, 1.165) is 0 Å². The van der Waals surface area contributed by atoms with E-state index in [1.165, 1.54) is 16.7 Å². The highest BCUT2D eigenvalue weighted by Crippen LogP contribution is 2.15. The van der Waals surface area contributed by atoms with E-state index in [1.807, 2.05) is 39.2 Å². The molecule has 1 heteroatoms. The van der Waals surface area contributed by atoms with Gasteiger partial charge in [0, 0.05) is 12.4 Å². The molecule has 0 aromatic carbocycles. The average molecular weight is 177 g/mol. The van der Waals surface area contributed by atoms with Gasteiger partial charge in [-0.15, -0.1) is 0 Å². The van der Waals surface area contributed by atoms with Crippen molar-refractivity contribution in [3.05, 3.63) is 35.7 Å². The maximum atomic E-state index is 4.07. The molecule has 0 fully saturated rings. The maximum Gasteiger partial charge on any atom is 0.0345 e.